The molecule has 0 aliphatic carbocycles. The number of hydrogen-bond donors (Lipinski definition) is 1. The van der Waals surface area contributed by atoms with E-state index in [-0.39, 0.29) is 24.2 Å². The minimum Gasteiger partial charge on any atom is -0.373 e. The quantitative estimate of drug-likeness (QED) is 0.923. The molecule has 0 spiro atoms. The summed E-state index contributed by atoms with van der Waals surface area (Å²) in [5, 5.41) is 11.8. The first-order chi connectivity index (χ1) is 9.99. The Morgan fingerprint density at radius 3 is 2.71 bits per heavy atom. The monoisotopic (exact) mass is 287 g/mol. The first kappa shape index (κ1) is 15.5. The highest BCUT2D eigenvalue weighted by Crippen LogP contribution is 2.16. The van der Waals surface area contributed by atoms with Gasteiger partial charge >= 0.3 is 0 Å². The highest BCUT2D eigenvalue weighted by molar-refractivity contribution is 5.94. The van der Waals surface area contributed by atoms with Gasteiger partial charge < -0.3 is 10.1 Å². The Morgan fingerprint density at radius 2 is 2.10 bits per heavy atom. The Kier molecular flexibility index (Phi) is 4.94. The number of ether oxygens (including phenoxy) is 1. The number of carbonyl (C=O) groups excluding carboxylic acids is 1. The van der Waals surface area contributed by atoms with Crippen LogP contribution in [0.25, 0.3) is 0 Å². The number of morpholine rings is 1. The molecule has 0 unspecified atom stereocenters. The first-order valence-corrected chi connectivity index (χ1v) is 7.20. The van der Waals surface area contributed by atoms with Crippen LogP contribution >= 0.6 is 0 Å². The van der Waals surface area contributed by atoms with Gasteiger partial charge in [-0.15, -0.1) is 0 Å². The second-order valence-corrected chi connectivity index (χ2v) is 5.57. The van der Waals surface area contributed by atoms with Crippen LogP contribution in [0.4, 0.5) is 5.69 Å². The normalized spacial score (nSPS) is 24.1. The molecular weight excluding hydrogens is 266 g/mol. The van der Waals surface area contributed by atoms with Gasteiger partial charge in [-0.3, -0.25) is 9.69 Å². The Hall–Kier alpha value is -1.90. The van der Waals surface area contributed by atoms with Gasteiger partial charge in [0.05, 0.1) is 29.9 Å². The van der Waals surface area contributed by atoms with Crippen molar-refractivity contribution in [3.63, 3.8) is 0 Å². The number of amides is 1. The van der Waals surface area contributed by atoms with Crippen LogP contribution in [0.15, 0.2) is 24.3 Å². The molecule has 1 N–H and O–H groups in total. The summed E-state index contributed by atoms with van der Waals surface area (Å²) in [5.74, 6) is -0.0635. The summed E-state index contributed by atoms with van der Waals surface area (Å²) in [6.45, 7) is 7.43. The molecule has 0 bridgehead atoms. The van der Waals surface area contributed by atoms with Crippen molar-refractivity contribution < 1.29 is 9.53 Å². The third-order valence-electron chi connectivity index (χ3n) is 3.63. The molecule has 1 aliphatic heterocycles. The molecule has 2 rings (SSSR count). The summed E-state index contributed by atoms with van der Waals surface area (Å²) in [6, 6.07) is 8.77. The predicted molar refractivity (Wildman–Crippen MR) is 80.8 cm³/mol. The van der Waals surface area contributed by atoms with E-state index in [2.05, 4.69) is 16.3 Å². The van der Waals surface area contributed by atoms with Crippen LogP contribution in [-0.2, 0) is 9.53 Å². The molecule has 1 heterocycles. The minimum atomic E-state index is -0.232. The molecule has 5 nitrogen and oxygen atoms in total. The number of benzene rings is 1. The summed E-state index contributed by atoms with van der Waals surface area (Å²) >= 11 is 0. The van der Waals surface area contributed by atoms with Gasteiger partial charge in [0, 0.05) is 18.8 Å². The van der Waals surface area contributed by atoms with E-state index in [1.54, 1.807) is 24.3 Å². The van der Waals surface area contributed by atoms with Gasteiger partial charge in [-0.05, 0) is 39.0 Å². The molecule has 112 valence electrons. The zero-order valence-electron chi connectivity index (χ0n) is 12.7. The second-order valence-electron chi connectivity index (χ2n) is 5.57. The van der Waals surface area contributed by atoms with Crippen molar-refractivity contribution in [2.45, 2.75) is 39.0 Å². The highest BCUT2D eigenvalue weighted by atomic mass is 16.5. The molecule has 1 aromatic carbocycles. The van der Waals surface area contributed by atoms with E-state index in [9.17, 15) is 4.79 Å². The zero-order chi connectivity index (χ0) is 15.4. The summed E-state index contributed by atoms with van der Waals surface area (Å²) in [5.41, 5.74) is 1.19. The van der Waals surface area contributed by atoms with E-state index in [1.165, 1.54) is 0 Å². The highest BCUT2D eigenvalue weighted by Gasteiger charge is 2.29. The molecular formula is C16H21N3O2. The molecule has 3 atom stereocenters. The van der Waals surface area contributed by atoms with Gasteiger partial charge in [0.1, 0.15) is 0 Å². The molecule has 5 heteroatoms. The summed E-state index contributed by atoms with van der Waals surface area (Å²) < 4.78 is 5.69. The third kappa shape index (κ3) is 4.03. The van der Waals surface area contributed by atoms with E-state index < -0.39 is 0 Å². The Bertz CT molecular complexity index is 543. The van der Waals surface area contributed by atoms with Crippen LogP contribution in [-0.4, -0.2) is 42.1 Å². The summed E-state index contributed by atoms with van der Waals surface area (Å²) in [7, 11) is 0. The van der Waals surface area contributed by atoms with E-state index in [1.807, 2.05) is 20.8 Å². The number of anilines is 1. The van der Waals surface area contributed by atoms with E-state index in [0.29, 0.717) is 11.3 Å². The molecule has 0 radical (unpaired) electrons. The van der Waals surface area contributed by atoms with Crippen LogP contribution in [0.5, 0.6) is 0 Å². The molecule has 0 saturated carbocycles. The average Bonchev–Trinajstić information content (AvgIpc) is 2.45. The summed E-state index contributed by atoms with van der Waals surface area (Å²) in [4.78, 5) is 14.5. The number of nitrogens with zero attached hydrogens (tertiary/aromatic N) is 2. The lowest BCUT2D eigenvalue weighted by molar-refractivity contribution is -0.126. The van der Waals surface area contributed by atoms with Crippen molar-refractivity contribution in [1.82, 2.24) is 4.90 Å². The SMILES string of the molecule is C[C@@H]1CN([C@@H](C)C(=O)Nc2cccc(C#N)c2)C[C@H](C)O1. The topological polar surface area (TPSA) is 65.4 Å². The van der Waals surface area contributed by atoms with E-state index in [0.717, 1.165) is 13.1 Å². The molecule has 1 aromatic rings. The van der Waals surface area contributed by atoms with Crippen molar-refractivity contribution in [1.29, 1.82) is 5.26 Å². The maximum Gasteiger partial charge on any atom is 0.241 e. The minimum absolute atomic E-state index is 0.0635. The van der Waals surface area contributed by atoms with Gasteiger partial charge in [0.25, 0.3) is 0 Å². The van der Waals surface area contributed by atoms with Crippen LogP contribution in [0.1, 0.15) is 26.3 Å². The van der Waals surface area contributed by atoms with Crippen LogP contribution < -0.4 is 5.32 Å². The smallest absolute Gasteiger partial charge is 0.241 e. The number of rotatable bonds is 3. The van der Waals surface area contributed by atoms with Crippen molar-refractivity contribution in [3.8, 4) is 6.07 Å². The lowest BCUT2D eigenvalue weighted by Gasteiger charge is -2.38. The zero-order valence-corrected chi connectivity index (χ0v) is 12.7. The molecule has 0 aromatic heterocycles. The fraction of sp³-hybridized carbons (Fsp3) is 0.500. The van der Waals surface area contributed by atoms with Gasteiger partial charge in [0.2, 0.25) is 5.91 Å². The first-order valence-electron chi connectivity index (χ1n) is 7.20. The number of nitrogens with one attached hydrogen (secondary N) is 1. The van der Waals surface area contributed by atoms with Crippen molar-refractivity contribution in [2.75, 3.05) is 18.4 Å². The van der Waals surface area contributed by atoms with Gasteiger partial charge in [-0.2, -0.15) is 5.26 Å². The molecule has 1 aliphatic rings. The van der Waals surface area contributed by atoms with Crippen LogP contribution in [0.3, 0.4) is 0 Å². The van der Waals surface area contributed by atoms with E-state index in [4.69, 9.17) is 10.00 Å². The Labute approximate surface area is 125 Å². The van der Waals surface area contributed by atoms with Gasteiger partial charge in [-0.25, -0.2) is 0 Å². The standard InChI is InChI=1S/C16H21N3O2/c1-11-9-19(10-12(2)21-11)13(3)16(20)18-15-6-4-5-14(7-15)8-17/h4-7,11-13H,9-10H2,1-3H3,(H,18,20)/t11-,12+,13-/m0/s1. The number of carbonyl (C=O) groups is 1. The molecule has 1 fully saturated rings. The lowest BCUT2D eigenvalue weighted by Crippen LogP contribution is -2.52. The maximum absolute atomic E-state index is 12.3. The Morgan fingerprint density at radius 1 is 1.43 bits per heavy atom. The lowest BCUT2D eigenvalue weighted by atomic mass is 10.1. The fourth-order valence-electron chi connectivity index (χ4n) is 2.61. The second kappa shape index (κ2) is 6.70. The van der Waals surface area contributed by atoms with Gasteiger partial charge in [0.15, 0.2) is 0 Å². The number of nitriles is 1. The average molecular weight is 287 g/mol. The third-order valence-corrected chi connectivity index (χ3v) is 3.63. The predicted octanol–water partition coefficient (Wildman–Crippen LogP) is 1.99. The van der Waals surface area contributed by atoms with E-state index >= 15 is 0 Å². The molecule has 1 amide bonds. The Balaban J connectivity index is 2.00. The van der Waals surface area contributed by atoms with Crippen LogP contribution in [0, 0.1) is 11.3 Å². The maximum atomic E-state index is 12.3. The number of hydrogen-bond acceptors (Lipinski definition) is 4. The van der Waals surface area contributed by atoms with Crippen LogP contribution in [0.2, 0.25) is 0 Å². The van der Waals surface area contributed by atoms with Crippen molar-refractivity contribution in [3.05, 3.63) is 29.8 Å². The molecule has 1 saturated heterocycles. The van der Waals surface area contributed by atoms with Crippen molar-refractivity contribution in [2.24, 2.45) is 0 Å². The van der Waals surface area contributed by atoms with Crippen molar-refractivity contribution >= 4 is 11.6 Å². The fourth-order valence-corrected chi connectivity index (χ4v) is 2.61. The van der Waals surface area contributed by atoms with Gasteiger partial charge in [-0.1, -0.05) is 6.07 Å². The molecule has 21 heavy (non-hydrogen) atoms. The summed E-state index contributed by atoms with van der Waals surface area (Å²) in [6.07, 6.45) is 0.261. The largest absolute Gasteiger partial charge is 0.373 e.